The molecule has 2 aliphatic heterocycles. The zero-order chi connectivity index (χ0) is 20.1. The first kappa shape index (κ1) is 20.6. The van der Waals surface area contributed by atoms with E-state index in [-0.39, 0.29) is 24.5 Å². The van der Waals surface area contributed by atoms with Gasteiger partial charge in [0.2, 0.25) is 0 Å². The van der Waals surface area contributed by atoms with E-state index in [9.17, 15) is 9.59 Å². The fraction of sp³-hybridized carbons (Fsp3) is 0.636. The molecule has 3 rings (SSSR count). The van der Waals surface area contributed by atoms with Crippen LogP contribution in [-0.2, 0) is 4.79 Å². The molecular weight excluding hydrogens is 354 g/mol. The summed E-state index contributed by atoms with van der Waals surface area (Å²) < 4.78 is 5.85. The molecule has 2 heterocycles. The van der Waals surface area contributed by atoms with Crippen LogP contribution in [0.1, 0.15) is 54.1 Å². The molecule has 28 heavy (non-hydrogen) atoms. The lowest BCUT2D eigenvalue weighted by molar-refractivity contribution is -0.134. The highest BCUT2D eigenvalue weighted by Crippen LogP contribution is 2.25. The summed E-state index contributed by atoms with van der Waals surface area (Å²) in [5, 5.41) is 6.52. The molecule has 6 nitrogen and oxygen atoms in total. The third-order valence-corrected chi connectivity index (χ3v) is 5.87. The second-order valence-electron chi connectivity index (χ2n) is 8.22. The monoisotopic (exact) mass is 387 g/mol. The van der Waals surface area contributed by atoms with Gasteiger partial charge >= 0.3 is 0 Å². The molecule has 0 aliphatic carbocycles. The number of likely N-dealkylation sites (tertiary alicyclic amines) is 1. The number of piperidine rings is 2. The number of nitrogens with zero attached hydrogens (tertiary/aromatic N) is 1. The fourth-order valence-corrected chi connectivity index (χ4v) is 4.16. The van der Waals surface area contributed by atoms with Gasteiger partial charge in [0, 0.05) is 24.7 Å². The second-order valence-corrected chi connectivity index (χ2v) is 8.22. The molecule has 2 unspecified atom stereocenters. The summed E-state index contributed by atoms with van der Waals surface area (Å²) in [5.74, 6) is 1.13. The minimum atomic E-state index is -0.0408. The van der Waals surface area contributed by atoms with Crippen LogP contribution >= 0.6 is 0 Å². The van der Waals surface area contributed by atoms with Crippen molar-refractivity contribution >= 4 is 11.8 Å². The summed E-state index contributed by atoms with van der Waals surface area (Å²) in [6.07, 6.45) is 4.29. The summed E-state index contributed by atoms with van der Waals surface area (Å²) in [7, 11) is 0. The van der Waals surface area contributed by atoms with E-state index in [1.54, 1.807) is 0 Å². The number of benzene rings is 1. The number of nitrogens with one attached hydrogen (secondary N) is 2. The lowest BCUT2D eigenvalue weighted by Crippen LogP contribution is -2.48. The molecule has 0 saturated carbocycles. The topological polar surface area (TPSA) is 70.7 Å². The summed E-state index contributed by atoms with van der Waals surface area (Å²) in [6, 6.07) is 3.91. The number of hydrogen-bond donors (Lipinski definition) is 2. The van der Waals surface area contributed by atoms with Gasteiger partial charge in [0.15, 0.2) is 6.61 Å². The first-order valence-electron chi connectivity index (χ1n) is 10.5. The maximum Gasteiger partial charge on any atom is 0.260 e. The molecule has 0 bridgehead atoms. The van der Waals surface area contributed by atoms with E-state index in [0.29, 0.717) is 17.2 Å². The molecule has 6 heteroatoms. The molecular formula is C22H33N3O3. The highest BCUT2D eigenvalue weighted by Gasteiger charge is 2.24. The third-order valence-electron chi connectivity index (χ3n) is 5.87. The Hall–Kier alpha value is -2.08. The molecule has 154 valence electrons. The minimum Gasteiger partial charge on any atom is -0.483 e. The van der Waals surface area contributed by atoms with Crippen molar-refractivity contribution in [3.8, 4) is 5.75 Å². The Morgan fingerprint density at radius 1 is 1.18 bits per heavy atom. The quantitative estimate of drug-likeness (QED) is 0.814. The van der Waals surface area contributed by atoms with E-state index in [1.165, 1.54) is 6.42 Å². The molecule has 2 N–H and O–H groups in total. The van der Waals surface area contributed by atoms with Crippen molar-refractivity contribution in [2.45, 2.75) is 52.5 Å². The van der Waals surface area contributed by atoms with Crippen molar-refractivity contribution in [1.82, 2.24) is 15.5 Å². The van der Waals surface area contributed by atoms with Gasteiger partial charge in [0.25, 0.3) is 11.8 Å². The van der Waals surface area contributed by atoms with Gasteiger partial charge < -0.3 is 20.3 Å². The molecule has 2 amide bonds. The summed E-state index contributed by atoms with van der Waals surface area (Å²) >= 11 is 0. The van der Waals surface area contributed by atoms with Crippen LogP contribution in [0.5, 0.6) is 5.75 Å². The van der Waals surface area contributed by atoms with Crippen molar-refractivity contribution in [2.24, 2.45) is 5.92 Å². The van der Waals surface area contributed by atoms with Gasteiger partial charge in [-0.3, -0.25) is 9.59 Å². The van der Waals surface area contributed by atoms with Crippen LogP contribution in [0.15, 0.2) is 12.1 Å². The van der Waals surface area contributed by atoms with Crippen LogP contribution in [0.2, 0.25) is 0 Å². The lowest BCUT2D eigenvalue weighted by atomic mass is 9.94. The Bertz CT molecular complexity index is 690. The van der Waals surface area contributed by atoms with Gasteiger partial charge in [0.05, 0.1) is 0 Å². The smallest absolute Gasteiger partial charge is 0.260 e. The first-order valence-corrected chi connectivity index (χ1v) is 10.5. The maximum absolute atomic E-state index is 12.7. The molecule has 1 aromatic carbocycles. The molecule has 0 radical (unpaired) electrons. The van der Waals surface area contributed by atoms with Gasteiger partial charge in [-0.1, -0.05) is 6.92 Å². The molecule has 0 spiro atoms. The van der Waals surface area contributed by atoms with E-state index in [4.69, 9.17) is 4.74 Å². The van der Waals surface area contributed by atoms with Crippen LogP contribution in [-0.4, -0.2) is 55.5 Å². The number of carbonyl (C=O) groups excluding carboxylic acids is 2. The van der Waals surface area contributed by atoms with Crippen LogP contribution in [0.3, 0.4) is 0 Å². The number of aryl methyl sites for hydroxylation is 2. The van der Waals surface area contributed by atoms with Crippen molar-refractivity contribution in [3.63, 3.8) is 0 Å². The number of hydrogen-bond acceptors (Lipinski definition) is 4. The number of carbonyl (C=O) groups is 2. The summed E-state index contributed by atoms with van der Waals surface area (Å²) in [4.78, 5) is 27.0. The highest BCUT2D eigenvalue weighted by molar-refractivity contribution is 5.95. The predicted octanol–water partition coefficient (Wildman–Crippen LogP) is 2.42. The van der Waals surface area contributed by atoms with E-state index in [1.807, 2.05) is 30.9 Å². The fourth-order valence-electron chi connectivity index (χ4n) is 4.16. The largest absolute Gasteiger partial charge is 0.483 e. The minimum absolute atomic E-state index is 0.0408. The SMILES string of the molecule is Cc1cc(C(=O)NC2CCNCC2C)cc(C)c1OCC(=O)N1CCCCC1. The average molecular weight is 388 g/mol. The normalized spacial score (nSPS) is 22.6. The Kier molecular flexibility index (Phi) is 6.94. The van der Waals surface area contributed by atoms with Gasteiger partial charge in [0.1, 0.15) is 5.75 Å². The van der Waals surface area contributed by atoms with Crippen LogP contribution < -0.4 is 15.4 Å². The highest BCUT2D eigenvalue weighted by atomic mass is 16.5. The first-order chi connectivity index (χ1) is 13.5. The van der Waals surface area contributed by atoms with E-state index in [0.717, 1.165) is 56.6 Å². The molecule has 2 aliphatic rings. The molecule has 2 saturated heterocycles. The molecule has 0 aromatic heterocycles. The van der Waals surface area contributed by atoms with E-state index >= 15 is 0 Å². The zero-order valence-corrected chi connectivity index (χ0v) is 17.3. The van der Waals surface area contributed by atoms with Crippen LogP contribution in [0.25, 0.3) is 0 Å². The number of amides is 2. The van der Waals surface area contributed by atoms with E-state index in [2.05, 4.69) is 17.6 Å². The standard InChI is InChI=1S/C22H33N3O3/c1-15-11-18(22(27)24-19-7-8-23-13-17(19)3)12-16(2)21(15)28-14-20(26)25-9-5-4-6-10-25/h11-12,17,19,23H,4-10,13-14H2,1-3H3,(H,24,27). The third kappa shape index (κ3) is 5.04. The van der Waals surface area contributed by atoms with Crippen molar-refractivity contribution in [1.29, 1.82) is 0 Å². The molecule has 1 aromatic rings. The van der Waals surface area contributed by atoms with Crippen molar-refractivity contribution in [3.05, 3.63) is 28.8 Å². The van der Waals surface area contributed by atoms with Gasteiger partial charge in [-0.25, -0.2) is 0 Å². The van der Waals surface area contributed by atoms with Crippen molar-refractivity contribution in [2.75, 3.05) is 32.8 Å². The Balaban J connectivity index is 1.61. The zero-order valence-electron chi connectivity index (χ0n) is 17.3. The number of rotatable bonds is 5. The van der Waals surface area contributed by atoms with Crippen LogP contribution in [0, 0.1) is 19.8 Å². The predicted molar refractivity (Wildman–Crippen MR) is 110 cm³/mol. The van der Waals surface area contributed by atoms with E-state index < -0.39 is 0 Å². The van der Waals surface area contributed by atoms with Gasteiger partial charge in [-0.2, -0.15) is 0 Å². The summed E-state index contributed by atoms with van der Waals surface area (Å²) in [6.45, 7) is 9.59. The van der Waals surface area contributed by atoms with Gasteiger partial charge in [-0.15, -0.1) is 0 Å². The van der Waals surface area contributed by atoms with Crippen molar-refractivity contribution < 1.29 is 14.3 Å². The number of ether oxygens (including phenoxy) is 1. The molecule has 2 fully saturated rings. The maximum atomic E-state index is 12.7. The lowest BCUT2D eigenvalue weighted by Gasteiger charge is -2.30. The Labute approximate surface area is 168 Å². The average Bonchev–Trinajstić information content (AvgIpc) is 2.69. The Morgan fingerprint density at radius 3 is 2.50 bits per heavy atom. The van der Waals surface area contributed by atoms with Gasteiger partial charge in [-0.05, 0) is 81.8 Å². The Morgan fingerprint density at radius 2 is 1.86 bits per heavy atom. The summed E-state index contributed by atoms with van der Waals surface area (Å²) in [5.41, 5.74) is 2.42. The second kappa shape index (κ2) is 9.41. The van der Waals surface area contributed by atoms with Crippen LogP contribution in [0.4, 0.5) is 0 Å². The molecule has 2 atom stereocenters.